The lowest BCUT2D eigenvalue weighted by Crippen LogP contribution is -2.37. The molecule has 0 aliphatic carbocycles. The highest BCUT2D eigenvalue weighted by Crippen LogP contribution is 2.04. The molecule has 0 bridgehead atoms. The number of nitrogens with one attached hydrogen (secondary N) is 2. The van der Waals surface area contributed by atoms with Crippen molar-refractivity contribution in [2.24, 2.45) is 0 Å². The highest BCUT2D eigenvalue weighted by molar-refractivity contribution is 5.78. The number of fused-ring (bicyclic) bond motifs is 1. The van der Waals surface area contributed by atoms with E-state index in [0.29, 0.717) is 13.1 Å². The molecule has 0 aliphatic rings. The van der Waals surface area contributed by atoms with E-state index >= 15 is 0 Å². The number of carbonyl (C=O) groups is 1. The maximum absolute atomic E-state index is 11.5. The van der Waals surface area contributed by atoms with E-state index in [2.05, 4.69) is 20.7 Å². The summed E-state index contributed by atoms with van der Waals surface area (Å²) in [5, 5.41) is 10.2. The molecule has 102 valence electrons. The third-order valence-electron chi connectivity index (χ3n) is 2.55. The van der Waals surface area contributed by atoms with Crippen LogP contribution in [0.1, 0.15) is 25.1 Å². The van der Waals surface area contributed by atoms with Crippen LogP contribution >= 0.6 is 0 Å². The molecule has 0 spiro atoms. The Kier molecular flexibility index (Phi) is 4.11. The molecule has 0 unspecified atom stereocenters. The average molecular weight is 261 g/mol. The molecule has 2 aromatic heterocycles. The van der Waals surface area contributed by atoms with Crippen molar-refractivity contribution >= 4 is 11.6 Å². The molecule has 1 amide bonds. The van der Waals surface area contributed by atoms with Gasteiger partial charge in [-0.25, -0.2) is 9.50 Å². The van der Waals surface area contributed by atoms with Gasteiger partial charge in [0.25, 0.3) is 0 Å². The summed E-state index contributed by atoms with van der Waals surface area (Å²) in [5.74, 6) is -0.000953. The number of rotatable bonds is 5. The SMILES string of the molecule is Cc1cc2ncc(CNCC(=O)NC(C)C)cn2n1. The lowest BCUT2D eigenvalue weighted by molar-refractivity contribution is -0.120. The zero-order valence-electron chi connectivity index (χ0n) is 11.5. The van der Waals surface area contributed by atoms with E-state index in [4.69, 9.17) is 0 Å². The number of hydrogen-bond acceptors (Lipinski definition) is 4. The summed E-state index contributed by atoms with van der Waals surface area (Å²) in [6.07, 6.45) is 3.71. The van der Waals surface area contributed by atoms with E-state index in [-0.39, 0.29) is 11.9 Å². The molecular weight excluding hydrogens is 242 g/mol. The van der Waals surface area contributed by atoms with Gasteiger partial charge < -0.3 is 10.6 Å². The predicted molar refractivity (Wildman–Crippen MR) is 72.7 cm³/mol. The van der Waals surface area contributed by atoms with E-state index in [0.717, 1.165) is 16.9 Å². The Bertz CT molecular complexity index is 575. The van der Waals surface area contributed by atoms with Gasteiger partial charge >= 0.3 is 0 Å². The largest absolute Gasteiger partial charge is 0.353 e. The minimum Gasteiger partial charge on any atom is -0.353 e. The molecule has 19 heavy (non-hydrogen) atoms. The first-order valence-electron chi connectivity index (χ1n) is 6.35. The van der Waals surface area contributed by atoms with Crippen LogP contribution in [0.25, 0.3) is 5.65 Å². The second kappa shape index (κ2) is 5.79. The first-order valence-corrected chi connectivity index (χ1v) is 6.35. The van der Waals surface area contributed by atoms with Crippen LogP contribution in [0.3, 0.4) is 0 Å². The van der Waals surface area contributed by atoms with Gasteiger partial charge in [0.1, 0.15) is 0 Å². The summed E-state index contributed by atoms with van der Waals surface area (Å²) in [7, 11) is 0. The fourth-order valence-electron chi connectivity index (χ4n) is 1.82. The lowest BCUT2D eigenvalue weighted by atomic mass is 10.3. The summed E-state index contributed by atoms with van der Waals surface area (Å²) in [5.41, 5.74) is 2.76. The van der Waals surface area contributed by atoms with Gasteiger partial charge in [-0.3, -0.25) is 4.79 Å². The zero-order valence-corrected chi connectivity index (χ0v) is 11.5. The first-order chi connectivity index (χ1) is 9.04. The average Bonchev–Trinajstić information content (AvgIpc) is 2.67. The van der Waals surface area contributed by atoms with Crippen molar-refractivity contribution in [2.45, 2.75) is 33.4 Å². The number of aromatic nitrogens is 3. The topological polar surface area (TPSA) is 71.3 Å². The Labute approximate surface area is 112 Å². The van der Waals surface area contributed by atoms with Gasteiger partial charge in [-0.2, -0.15) is 5.10 Å². The maximum Gasteiger partial charge on any atom is 0.234 e. The van der Waals surface area contributed by atoms with Gasteiger partial charge in [0.05, 0.1) is 12.2 Å². The van der Waals surface area contributed by atoms with Crippen LogP contribution in [0.5, 0.6) is 0 Å². The number of nitrogens with zero attached hydrogens (tertiary/aromatic N) is 3. The molecule has 0 aliphatic heterocycles. The maximum atomic E-state index is 11.5. The molecule has 0 atom stereocenters. The minimum atomic E-state index is -0.000953. The quantitative estimate of drug-likeness (QED) is 0.829. The molecule has 2 heterocycles. The van der Waals surface area contributed by atoms with Crippen molar-refractivity contribution in [1.29, 1.82) is 0 Å². The minimum absolute atomic E-state index is 0.000953. The van der Waals surface area contributed by atoms with E-state index < -0.39 is 0 Å². The van der Waals surface area contributed by atoms with Crippen molar-refractivity contribution in [1.82, 2.24) is 25.2 Å². The van der Waals surface area contributed by atoms with Crippen LogP contribution in [0, 0.1) is 6.92 Å². The Morgan fingerprint density at radius 2 is 2.26 bits per heavy atom. The highest BCUT2D eigenvalue weighted by atomic mass is 16.1. The molecule has 0 radical (unpaired) electrons. The third kappa shape index (κ3) is 3.75. The van der Waals surface area contributed by atoms with Crippen LogP contribution in [-0.4, -0.2) is 33.1 Å². The molecule has 0 saturated carbocycles. The van der Waals surface area contributed by atoms with Crippen molar-refractivity contribution in [3.8, 4) is 0 Å². The van der Waals surface area contributed by atoms with Crippen LogP contribution < -0.4 is 10.6 Å². The van der Waals surface area contributed by atoms with Crippen LogP contribution in [0.2, 0.25) is 0 Å². The fourth-order valence-corrected chi connectivity index (χ4v) is 1.82. The number of amides is 1. The van der Waals surface area contributed by atoms with Gasteiger partial charge in [0, 0.05) is 36.6 Å². The van der Waals surface area contributed by atoms with Gasteiger partial charge in [-0.15, -0.1) is 0 Å². The number of aryl methyl sites for hydroxylation is 1. The van der Waals surface area contributed by atoms with Crippen molar-refractivity contribution < 1.29 is 4.79 Å². The molecule has 0 aromatic carbocycles. The normalized spacial score (nSPS) is 11.2. The highest BCUT2D eigenvalue weighted by Gasteiger charge is 2.04. The Morgan fingerprint density at radius 1 is 1.47 bits per heavy atom. The Morgan fingerprint density at radius 3 is 3.00 bits per heavy atom. The standard InChI is InChI=1S/C13H19N5O/c1-9(2)16-13(19)7-14-5-11-6-15-12-4-10(3)17-18(12)8-11/h4,6,8-9,14H,5,7H2,1-3H3,(H,16,19). The van der Waals surface area contributed by atoms with E-state index in [9.17, 15) is 4.79 Å². The van der Waals surface area contributed by atoms with Gasteiger partial charge in [0.15, 0.2) is 5.65 Å². The number of hydrogen-bond donors (Lipinski definition) is 2. The Balaban J connectivity index is 1.89. The summed E-state index contributed by atoms with van der Waals surface area (Å²) in [4.78, 5) is 15.8. The molecule has 2 N–H and O–H groups in total. The molecule has 6 heteroatoms. The van der Waals surface area contributed by atoms with Crippen LogP contribution in [0.4, 0.5) is 0 Å². The molecule has 2 aromatic rings. The van der Waals surface area contributed by atoms with Crippen molar-refractivity contribution in [2.75, 3.05) is 6.54 Å². The number of carbonyl (C=O) groups excluding carboxylic acids is 1. The smallest absolute Gasteiger partial charge is 0.234 e. The van der Waals surface area contributed by atoms with Crippen molar-refractivity contribution in [3.63, 3.8) is 0 Å². The Hall–Kier alpha value is -1.95. The third-order valence-corrected chi connectivity index (χ3v) is 2.55. The predicted octanol–water partition coefficient (Wildman–Crippen LogP) is 0.652. The van der Waals surface area contributed by atoms with Crippen LogP contribution in [0.15, 0.2) is 18.5 Å². The lowest BCUT2D eigenvalue weighted by Gasteiger charge is -2.09. The van der Waals surface area contributed by atoms with E-state index in [1.54, 1.807) is 10.7 Å². The van der Waals surface area contributed by atoms with Crippen LogP contribution in [-0.2, 0) is 11.3 Å². The molecule has 2 rings (SSSR count). The monoisotopic (exact) mass is 261 g/mol. The van der Waals surface area contributed by atoms with Gasteiger partial charge in [-0.05, 0) is 20.8 Å². The second-order valence-corrected chi connectivity index (χ2v) is 4.88. The molecular formula is C13H19N5O. The summed E-state index contributed by atoms with van der Waals surface area (Å²) >= 11 is 0. The van der Waals surface area contributed by atoms with Gasteiger partial charge in [0.2, 0.25) is 5.91 Å². The fraction of sp³-hybridized carbons (Fsp3) is 0.462. The molecule has 6 nitrogen and oxygen atoms in total. The van der Waals surface area contributed by atoms with E-state index in [1.807, 2.05) is 33.0 Å². The second-order valence-electron chi connectivity index (χ2n) is 4.88. The summed E-state index contributed by atoms with van der Waals surface area (Å²) in [6, 6.07) is 2.09. The van der Waals surface area contributed by atoms with Gasteiger partial charge in [-0.1, -0.05) is 0 Å². The van der Waals surface area contributed by atoms with Crippen molar-refractivity contribution in [3.05, 3.63) is 29.7 Å². The molecule has 0 fully saturated rings. The zero-order chi connectivity index (χ0) is 13.8. The summed E-state index contributed by atoms with van der Waals surface area (Å²) in [6.45, 7) is 6.70. The first kappa shape index (κ1) is 13.5. The van der Waals surface area contributed by atoms with E-state index in [1.165, 1.54) is 0 Å². The molecule has 0 saturated heterocycles. The summed E-state index contributed by atoms with van der Waals surface area (Å²) < 4.78 is 1.75.